The van der Waals surface area contributed by atoms with Gasteiger partial charge in [0, 0.05) is 24.7 Å². The van der Waals surface area contributed by atoms with Gasteiger partial charge in [-0.15, -0.1) is 0 Å². The molecule has 3 heterocycles. The Balaban J connectivity index is 1.48. The van der Waals surface area contributed by atoms with Crippen LogP contribution >= 0.6 is 0 Å². The minimum Gasteiger partial charge on any atom is -0.362 e. The lowest BCUT2D eigenvalue weighted by molar-refractivity contribution is -0.131. The molecule has 2 amide bonds. The van der Waals surface area contributed by atoms with Crippen molar-refractivity contribution in [2.45, 2.75) is 25.3 Å². The number of hydrogen-bond donors (Lipinski definition) is 2. The van der Waals surface area contributed by atoms with Crippen LogP contribution in [-0.4, -0.2) is 57.7 Å². The second-order valence-corrected chi connectivity index (χ2v) is 7.13. The number of hydrogen-bond acceptors (Lipinski definition) is 6. The number of aromatic nitrogens is 3. The summed E-state index contributed by atoms with van der Waals surface area (Å²) in [6.07, 6.45) is 3.73. The summed E-state index contributed by atoms with van der Waals surface area (Å²) in [5.74, 6) is 5.33. The summed E-state index contributed by atoms with van der Waals surface area (Å²) in [4.78, 5) is 37.9. The highest BCUT2D eigenvalue weighted by molar-refractivity contribution is 5.93. The molecule has 0 radical (unpaired) electrons. The molecule has 0 saturated heterocycles. The van der Waals surface area contributed by atoms with E-state index in [0.29, 0.717) is 28.5 Å². The van der Waals surface area contributed by atoms with Crippen LogP contribution in [0.15, 0.2) is 24.7 Å². The highest BCUT2D eigenvalue weighted by Gasteiger charge is 2.30. The van der Waals surface area contributed by atoms with Gasteiger partial charge in [0.2, 0.25) is 5.91 Å². The number of alkyl halides is 2. The second kappa shape index (κ2) is 8.02. The zero-order valence-electron chi connectivity index (χ0n) is 16.0. The summed E-state index contributed by atoms with van der Waals surface area (Å²) < 4.78 is 25.1. The molecule has 4 rings (SSSR count). The first-order chi connectivity index (χ1) is 14.4. The molecule has 1 saturated carbocycles. The van der Waals surface area contributed by atoms with Crippen molar-refractivity contribution in [1.82, 2.24) is 19.9 Å². The van der Waals surface area contributed by atoms with Gasteiger partial charge in [-0.05, 0) is 24.8 Å². The van der Waals surface area contributed by atoms with Crippen LogP contribution in [0.5, 0.6) is 0 Å². The van der Waals surface area contributed by atoms with Crippen LogP contribution in [-0.2, 0) is 9.59 Å². The molecule has 8 nitrogen and oxygen atoms in total. The molecule has 1 aliphatic heterocycles. The number of anilines is 2. The summed E-state index contributed by atoms with van der Waals surface area (Å²) in [7, 11) is 1.31. The molecule has 0 bridgehead atoms. The van der Waals surface area contributed by atoms with Crippen molar-refractivity contribution in [3.05, 3.63) is 30.4 Å². The largest absolute Gasteiger partial charge is 0.362 e. The van der Waals surface area contributed by atoms with Crippen LogP contribution in [0.4, 0.5) is 20.3 Å². The summed E-state index contributed by atoms with van der Waals surface area (Å²) in [6, 6.07) is 0.778. The molecule has 0 aromatic carbocycles. The number of amides is 2. The number of fused-ring (bicyclic) bond motifs is 1. The summed E-state index contributed by atoms with van der Waals surface area (Å²) in [5, 5.41) is 5.66. The normalized spacial score (nSPS) is 16.7. The molecule has 0 unspecified atom stereocenters. The fourth-order valence-electron chi connectivity index (χ4n) is 2.90. The van der Waals surface area contributed by atoms with E-state index in [1.165, 1.54) is 19.4 Å². The van der Waals surface area contributed by atoms with Gasteiger partial charge in [0.1, 0.15) is 5.69 Å². The number of rotatable bonds is 6. The van der Waals surface area contributed by atoms with Gasteiger partial charge in [-0.2, -0.15) is 0 Å². The van der Waals surface area contributed by atoms with Crippen molar-refractivity contribution in [3.8, 4) is 23.1 Å². The minimum absolute atomic E-state index is 0.0530. The van der Waals surface area contributed by atoms with Crippen molar-refractivity contribution >= 4 is 23.3 Å². The van der Waals surface area contributed by atoms with Gasteiger partial charge < -0.3 is 15.5 Å². The standard InChI is InChI=1S/C20H18F2N6O2/c1-28(10-17(21)22)20(30)14-5-4-13-15(26-14)6-12(7-23-13)16-8-25-18(9-24-16)27-19(29)11-2-3-11/h6-9,11,14,17,26H,2-3,10H2,1H3,(H,25,27,29)/t14-/m1/s1. The van der Waals surface area contributed by atoms with E-state index in [2.05, 4.69) is 37.4 Å². The Morgan fingerprint density at radius 3 is 2.73 bits per heavy atom. The lowest BCUT2D eigenvalue weighted by Crippen LogP contribution is -2.42. The number of carbonyl (C=O) groups is 2. The maximum Gasteiger partial charge on any atom is 0.257 e. The highest BCUT2D eigenvalue weighted by atomic mass is 19.3. The number of likely N-dealkylation sites (N-methyl/N-ethyl adjacent to an activating group) is 1. The lowest BCUT2D eigenvalue weighted by Gasteiger charge is -2.24. The quantitative estimate of drug-likeness (QED) is 0.702. The van der Waals surface area contributed by atoms with E-state index in [1.54, 1.807) is 12.3 Å². The molecule has 30 heavy (non-hydrogen) atoms. The molecule has 1 aliphatic carbocycles. The minimum atomic E-state index is -2.62. The number of halogens is 2. The third-order valence-electron chi connectivity index (χ3n) is 4.70. The third kappa shape index (κ3) is 4.35. The van der Waals surface area contributed by atoms with E-state index < -0.39 is 24.9 Å². The van der Waals surface area contributed by atoms with Crippen molar-refractivity contribution in [3.63, 3.8) is 0 Å². The van der Waals surface area contributed by atoms with E-state index in [4.69, 9.17) is 0 Å². The predicted octanol–water partition coefficient (Wildman–Crippen LogP) is 1.76. The van der Waals surface area contributed by atoms with Crippen molar-refractivity contribution in [2.24, 2.45) is 5.92 Å². The number of carbonyl (C=O) groups excluding carboxylic acids is 2. The molecule has 0 spiro atoms. The fraction of sp³-hybridized carbons (Fsp3) is 0.350. The smallest absolute Gasteiger partial charge is 0.257 e. The summed E-state index contributed by atoms with van der Waals surface area (Å²) in [5.41, 5.74) is 2.10. The summed E-state index contributed by atoms with van der Waals surface area (Å²) in [6.45, 7) is -0.664. The van der Waals surface area contributed by atoms with Gasteiger partial charge in [-0.25, -0.2) is 18.7 Å². The van der Waals surface area contributed by atoms with Gasteiger partial charge in [0.25, 0.3) is 12.3 Å². The number of nitrogens with zero attached hydrogens (tertiary/aromatic N) is 4. The van der Waals surface area contributed by atoms with Crippen molar-refractivity contribution in [2.75, 3.05) is 24.2 Å². The maximum absolute atomic E-state index is 12.5. The third-order valence-corrected chi connectivity index (χ3v) is 4.70. The van der Waals surface area contributed by atoms with Gasteiger partial charge in [-0.3, -0.25) is 14.6 Å². The van der Waals surface area contributed by atoms with Gasteiger partial charge in [-0.1, -0.05) is 5.92 Å². The van der Waals surface area contributed by atoms with Crippen LogP contribution in [0.3, 0.4) is 0 Å². The van der Waals surface area contributed by atoms with Crippen LogP contribution in [0.1, 0.15) is 18.5 Å². The molecular weight excluding hydrogens is 394 g/mol. The topological polar surface area (TPSA) is 100 Å². The number of nitrogens with one attached hydrogen (secondary N) is 2. The molecule has 2 aromatic rings. The first kappa shape index (κ1) is 19.7. The van der Waals surface area contributed by atoms with Gasteiger partial charge >= 0.3 is 0 Å². The van der Waals surface area contributed by atoms with E-state index in [0.717, 1.165) is 17.7 Å². The Labute approximate surface area is 171 Å². The molecule has 154 valence electrons. The Morgan fingerprint density at radius 2 is 2.07 bits per heavy atom. The molecule has 10 heteroatoms. The average molecular weight is 412 g/mol. The molecule has 2 aromatic heterocycles. The fourth-order valence-corrected chi connectivity index (χ4v) is 2.90. The molecule has 1 fully saturated rings. The van der Waals surface area contributed by atoms with E-state index in [9.17, 15) is 18.4 Å². The first-order valence-electron chi connectivity index (χ1n) is 9.35. The Hall–Kier alpha value is -3.61. The Morgan fingerprint density at radius 1 is 1.27 bits per heavy atom. The highest BCUT2D eigenvalue weighted by Crippen LogP contribution is 2.30. The predicted molar refractivity (Wildman–Crippen MR) is 105 cm³/mol. The van der Waals surface area contributed by atoms with E-state index in [1.807, 2.05) is 0 Å². The first-order valence-corrected chi connectivity index (χ1v) is 9.35. The summed E-state index contributed by atoms with van der Waals surface area (Å²) >= 11 is 0. The lowest BCUT2D eigenvalue weighted by atomic mass is 10.1. The molecule has 1 atom stereocenters. The van der Waals surface area contributed by atoms with Crippen LogP contribution in [0.2, 0.25) is 0 Å². The zero-order chi connectivity index (χ0) is 21.3. The monoisotopic (exact) mass is 412 g/mol. The van der Waals surface area contributed by atoms with Crippen LogP contribution in [0, 0.1) is 17.8 Å². The van der Waals surface area contributed by atoms with E-state index in [-0.39, 0.29) is 11.8 Å². The maximum atomic E-state index is 12.5. The van der Waals surface area contributed by atoms with Crippen molar-refractivity contribution in [1.29, 1.82) is 0 Å². The van der Waals surface area contributed by atoms with Gasteiger partial charge in [0.15, 0.2) is 11.9 Å². The second-order valence-electron chi connectivity index (χ2n) is 7.13. The average Bonchev–Trinajstić information content (AvgIpc) is 3.58. The Kier molecular flexibility index (Phi) is 5.27. The zero-order valence-corrected chi connectivity index (χ0v) is 16.0. The molecule has 2 aliphatic rings. The Bertz CT molecular complexity index is 1040. The van der Waals surface area contributed by atoms with Crippen LogP contribution < -0.4 is 10.6 Å². The van der Waals surface area contributed by atoms with Crippen molar-refractivity contribution < 1.29 is 18.4 Å². The molecule has 2 N–H and O–H groups in total. The SMILES string of the molecule is CN(CC(F)F)C(=O)[C@H]1C#Cc2ncc(-c3cnc(NC(=O)C4CC4)cn3)cc2N1. The van der Waals surface area contributed by atoms with Crippen LogP contribution in [0.25, 0.3) is 11.3 Å². The van der Waals surface area contributed by atoms with Gasteiger partial charge in [0.05, 0.1) is 30.3 Å². The molecular formula is C20H18F2N6O2. The number of pyridine rings is 1. The van der Waals surface area contributed by atoms with E-state index >= 15 is 0 Å².